The molecule has 2 aromatic carbocycles. The van der Waals surface area contributed by atoms with Crippen molar-refractivity contribution in [2.45, 2.75) is 6.18 Å². The van der Waals surface area contributed by atoms with Crippen LogP contribution in [-0.4, -0.2) is 9.91 Å². The molecule has 0 saturated heterocycles. The van der Waals surface area contributed by atoms with Crippen LogP contribution in [0.25, 0.3) is 23.1 Å². The van der Waals surface area contributed by atoms with Gasteiger partial charge in [0.1, 0.15) is 0 Å². The number of nitro benzene ring substituents is 1. The summed E-state index contributed by atoms with van der Waals surface area (Å²) in [5.41, 5.74) is 0.884. The number of pyridine rings is 1. The van der Waals surface area contributed by atoms with Gasteiger partial charge in [0.15, 0.2) is 0 Å². The van der Waals surface area contributed by atoms with Crippen molar-refractivity contribution in [1.29, 1.82) is 0 Å². The molecule has 0 bridgehead atoms. The summed E-state index contributed by atoms with van der Waals surface area (Å²) >= 11 is 0. The van der Waals surface area contributed by atoms with Gasteiger partial charge < -0.3 is 0 Å². The summed E-state index contributed by atoms with van der Waals surface area (Å²) in [5.74, 6) is 0. The van der Waals surface area contributed by atoms with E-state index in [-0.39, 0.29) is 5.69 Å². The standard InChI is InChI=1S/C18H11F3N2O2/c19-18(20,21)13-7-4-12(5-8-13)6-9-14-10-11-15-16(22-14)2-1-3-17(15)23(24)25/h1-11H. The maximum atomic E-state index is 12.5. The highest BCUT2D eigenvalue weighted by atomic mass is 19.4. The Balaban J connectivity index is 1.88. The maximum Gasteiger partial charge on any atom is 0.416 e. The van der Waals surface area contributed by atoms with Crippen LogP contribution in [0.3, 0.4) is 0 Å². The minimum absolute atomic E-state index is 0.0248. The maximum absolute atomic E-state index is 12.5. The predicted molar refractivity (Wildman–Crippen MR) is 88.8 cm³/mol. The molecule has 3 rings (SSSR count). The number of rotatable bonds is 3. The van der Waals surface area contributed by atoms with Crippen molar-refractivity contribution in [3.63, 3.8) is 0 Å². The summed E-state index contributed by atoms with van der Waals surface area (Å²) < 4.78 is 37.6. The molecule has 1 heterocycles. The van der Waals surface area contributed by atoms with Crippen LogP contribution in [0.5, 0.6) is 0 Å². The average Bonchev–Trinajstić information content (AvgIpc) is 2.58. The molecular formula is C18H11F3N2O2. The molecule has 25 heavy (non-hydrogen) atoms. The Bertz CT molecular complexity index is 964. The number of benzene rings is 2. The Morgan fingerprint density at radius 1 is 0.960 bits per heavy atom. The van der Waals surface area contributed by atoms with Gasteiger partial charge in [0.2, 0.25) is 0 Å². The molecule has 0 N–H and O–H groups in total. The summed E-state index contributed by atoms with van der Waals surface area (Å²) in [4.78, 5) is 14.8. The van der Waals surface area contributed by atoms with E-state index in [9.17, 15) is 23.3 Å². The van der Waals surface area contributed by atoms with Crippen molar-refractivity contribution in [3.8, 4) is 0 Å². The van der Waals surface area contributed by atoms with Crippen LogP contribution in [0.1, 0.15) is 16.8 Å². The van der Waals surface area contributed by atoms with Crippen molar-refractivity contribution < 1.29 is 18.1 Å². The number of fused-ring (bicyclic) bond motifs is 1. The molecule has 0 saturated carbocycles. The number of alkyl halides is 3. The summed E-state index contributed by atoms with van der Waals surface area (Å²) in [6.45, 7) is 0. The van der Waals surface area contributed by atoms with Crippen LogP contribution in [0.4, 0.5) is 18.9 Å². The fraction of sp³-hybridized carbons (Fsp3) is 0.0556. The number of nitrogens with zero attached hydrogens (tertiary/aromatic N) is 2. The first-order chi connectivity index (χ1) is 11.8. The smallest absolute Gasteiger partial charge is 0.258 e. The number of aromatic nitrogens is 1. The van der Waals surface area contributed by atoms with Gasteiger partial charge in [0, 0.05) is 6.07 Å². The topological polar surface area (TPSA) is 56.0 Å². The van der Waals surface area contributed by atoms with Gasteiger partial charge in [0.25, 0.3) is 5.69 Å². The molecule has 0 amide bonds. The Labute approximate surface area is 140 Å². The Morgan fingerprint density at radius 2 is 1.68 bits per heavy atom. The van der Waals surface area contributed by atoms with Crippen LogP contribution in [0, 0.1) is 10.1 Å². The van der Waals surface area contributed by atoms with Gasteiger partial charge in [-0.25, -0.2) is 4.98 Å². The largest absolute Gasteiger partial charge is 0.416 e. The second-order valence-corrected chi connectivity index (χ2v) is 5.29. The van der Waals surface area contributed by atoms with E-state index in [0.29, 0.717) is 22.2 Å². The average molecular weight is 344 g/mol. The third kappa shape index (κ3) is 3.65. The summed E-state index contributed by atoms with van der Waals surface area (Å²) in [7, 11) is 0. The van der Waals surface area contributed by atoms with Gasteiger partial charge in [-0.15, -0.1) is 0 Å². The van der Waals surface area contributed by atoms with Gasteiger partial charge in [-0.3, -0.25) is 10.1 Å². The number of non-ortho nitro benzene ring substituents is 1. The third-order valence-electron chi connectivity index (χ3n) is 3.61. The summed E-state index contributed by atoms with van der Waals surface area (Å²) in [5, 5.41) is 11.4. The molecule has 0 atom stereocenters. The molecule has 0 fully saturated rings. The first kappa shape index (κ1) is 16.6. The zero-order valence-electron chi connectivity index (χ0n) is 12.7. The highest BCUT2D eigenvalue weighted by Gasteiger charge is 2.29. The monoisotopic (exact) mass is 344 g/mol. The molecule has 3 aromatic rings. The first-order valence-electron chi connectivity index (χ1n) is 7.24. The molecule has 7 heteroatoms. The Kier molecular flexibility index (Phi) is 4.22. The van der Waals surface area contributed by atoms with Crippen molar-refractivity contribution in [2.24, 2.45) is 0 Å². The molecule has 0 aliphatic rings. The number of nitro groups is 1. The van der Waals surface area contributed by atoms with E-state index in [2.05, 4.69) is 4.98 Å². The zero-order valence-corrected chi connectivity index (χ0v) is 12.7. The minimum Gasteiger partial charge on any atom is -0.258 e. The van der Waals surface area contributed by atoms with Crippen LogP contribution in [0.2, 0.25) is 0 Å². The van der Waals surface area contributed by atoms with Crippen molar-refractivity contribution in [3.05, 3.63) is 81.5 Å². The highest BCUT2D eigenvalue weighted by molar-refractivity contribution is 5.88. The molecule has 1 aromatic heterocycles. The van der Waals surface area contributed by atoms with Crippen LogP contribution >= 0.6 is 0 Å². The molecular weight excluding hydrogens is 333 g/mol. The number of halogens is 3. The highest BCUT2D eigenvalue weighted by Crippen LogP contribution is 2.29. The lowest BCUT2D eigenvalue weighted by Crippen LogP contribution is -2.03. The van der Waals surface area contributed by atoms with Crippen molar-refractivity contribution >= 4 is 28.7 Å². The second-order valence-electron chi connectivity index (χ2n) is 5.29. The van der Waals surface area contributed by atoms with Crippen LogP contribution < -0.4 is 0 Å². The van der Waals surface area contributed by atoms with E-state index in [1.165, 1.54) is 18.2 Å². The predicted octanol–water partition coefficient (Wildman–Crippen LogP) is 5.33. The lowest BCUT2D eigenvalue weighted by molar-refractivity contribution is -0.383. The van der Waals surface area contributed by atoms with Gasteiger partial charge in [-0.2, -0.15) is 13.2 Å². The molecule has 0 aliphatic carbocycles. The summed E-state index contributed by atoms with van der Waals surface area (Å²) in [6.07, 6.45) is -1.09. The van der Waals surface area contributed by atoms with Crippen LogP contribution in [0.15, 0.2) is 54.6 Å². The molecule has 126 valence electrons. The van der Waals surface area contributed by atoms with Gasteiger partial charge in [-0.1, -0.05) is 24.3 Å². The quantitative estimate of drug-likeness (QED) is 0.476. The first-order valence-corrected chi connectivity index (χ1v) is 7.24. The minimum atomic E-state index is -4.36. The van der Waals surface area contributed by atoms with Gasteiger partial charge in [0.05, 0.1) is 27.1 Å². The molecule has 4 nitrogen and oxygen atoms in total. The lowest BCUT2D eigenvalue weighted by atomic mass is 10.1. The molecule has 0 aliphatic heterocycles. The van der Waals surface area contributed by atoms with E-state index < -0.39 is 16.7 Å². The Morgan fingerprint density at radius 3 is 2.32 bits per heavy atom. The fourth-order valence-electron chi connectivity index (χ4n) is 2.37. The van der Waals surface area contributed by atoms with E-state index in [4.69, 9.17) is 0 Å². The van der Waals surface area contributed by atoms with Gasteiger partial charge >= 0.3 is 6.18 Å². The van der Waals surface area contributed by atoms with Crippen molar-refractivity contribution in [1.82, 2.24) is 4.98 Å². The Hall–Kier alpha value is -3.22. The second kappa shape index (κ2) is 6.35. The van der Waals surface area contributed by atoms with E-state index >= 15 is 0 Å². The number of hydrogen-bond donors (Lipinski definition) is 0. The third-order valence-corrected chi connectivity index (χ3v) is 3.61. The van der Waals surface area contributed by atoms with Crippen LogP contribution in [-0.2, 0) is 6.18 Å². The summed E-state index contributed by atoms with van der Waals surface area (Å²) in [6, 6.07) is 12.6. The van der Waals surface area contributed by atoms with E-state index in [0.717, 1.165) is 12.1 Å². The molecule has 0 radical (unpaired) electrons. The van der Waals surface area contributed by atoms with E-state index in [1.54, 1.807) is 36.4 Å². The van der Waals surface area contributed by atoms with Gasteiger partial charge in [-0.05, 0) is 42.0 Å². The lowest BCUT2D eigenvalue weighted by Gasteiger charge is -2.05. The van der Waals surface area contributed by atoms with Crippen molar-refractivity contribution in [2.75, 3.05) is 0 Å². The normalized spacial score (nSPS) is 12.0. The zero-order chi connectivity index (χ0) is 18.0. The molecule has 0 spiro atoms. The molecule has 0 unspecified atom stereocenters. The SMILES string of the molecule is O=[N+]([O-])c1cccc2nc(C=Cc3ccc(C(F)(F)F)cc3)ccc12. The van der Waals surface area contributed by atoms with E-state index in [1.807, 2.05) is 0 Å². The fourth-order valence-corrected chi connectivity index (χ4v) is 2.37. The number of hydrogen-bond acceptors (Lipinski definition) is 3.